The Labute approximate surface area is 189 Å². The van der Waals surface area contributed by atoms with Crippen LogP contribution in [0.2, 0.25) is 5.02 Å². The number of carbonyl (C=O) groups is 2. The molecule has 7 nitrogen and oxygen atoms in total. The lowest BCUT2D eigenvalue weighted by molar-refractivity contribution is -0.122. The van der Waals surface area contributed by atoms with Crippen LogP contribution in [0.4, 0.5) is 4.39 Å². The maximum atomic E-state index is 13.5. The van der Waals surface area contributed by atoms with E-state index < -0.39 is 17.6 Å². The van der Waals surface area contributed by atoms with Gasteiger partial charge in [0.05, 0.1) is 0 Å². The lowest BCUT2D eigenvalue weighted by Gasteiger charge is -2.10. The van der Waals surface area contributed by atoms with Crippen LogP contribution in [0.15, 0.2) is 65.3 Å². The average molecular weight is 458 g/mol. The van der Waals surface area contributed by atoms with Gasteiger partial charge in [-0.25, -0.2) is 4.39 Å². The normalized spacial score (nSPS) is 10.5. The van der Waals surface area contributed by atoms with Crippen molar-refractivity contribution in [3.63, 3.8) is 0 Å². The van der Waals surface area contributed by atoms with Gasteiger partial charge in [-0.05, 0) is 42.8 Å². The first kappa shape index (κ1) is 23.0. The van der Waals surface area contributed by atoms with Crippen molar-refractivity contribution < 1.29 is 23.2 Å². The predicted octanol–water partition coefficient (Wildman–Crippen LogP) is 4.27. The summed E-state index contributed by atoms with van der Waals surface area (Å²) < 4.78 is 24.0. The number of hydrogen-bond acceptors (Lipinski definition) is 5. The SMILES string of the molecule is C=C(CCNC(=O)c1cc(-c2ccc(Cl)cc2)on1)NC(=O)COc1ccc(C)c(F)c1. The van der Waals surface area contributed by atoms with Gasteiger partial charge in [-0.15, -0.1) is 0 Å². The first-order valence-electron chi connectivity index (χ1n) is 9.69. The Morgan fingerprint density at radius 3 is 2.66 bits per heavy atom. The fraction of sp³-hybridized carbons (Fsp3) is 0.174. The van der Waals surface area contributed by atoms with Crippen LogP contribution in [0.3, 0.4) is 0 Å². The summed E-state index contributed by atoms with van der Waals surface area (Å²) in [5.74, 6) is -0.566. The van der Waals surface area contributed by atoms with Crippen LogP contribution < -0.4 is 15.4 Å². The van der Waals surface area contributed by atoms with Crippen LogP contribution in [0.5, 0.6) is 5.75 Å². The minimum atomic E-state index is -0.439. The number of aromatic nitrogens is 1. The second-order valence-electron chi connectivity index (χ2n) is 6.94. The Balaban J connectivity index is 1.39. The lowest BCUT2D eigenvalue weighted by atomic mass is 10.1. The highest BCUT2D eigenvalue weighted by Gasteiger charge is 2.14. The molecule has 0 aliphatic rings. The molecular formula is C23H21ClFN3O4. The number of benzene rings is 2. The van der Waals surface area contributed by atoms with E-state index in [1.165, 1.54) is 12.1 Å². The molecule has 166 valence electrons. The van der Waals surface area contributed by atoms with Gasteiger partial charge in [0.1, 0.15) is 11.6 Å². The zero-order valence-electron chi connectivity index (χ0n) is 17.3. The average Bonchev–Trinajstić information content (AvgIpc) is 3.25. The second kappa shape index (κ2) is 10.6. The molecule has 9 heteroatoms. The van der Waals surface area contributed by atoms with Crippen molar-refractivity contribution in [2.45, 2.75) is 13.3 Å². The van der Waals surface area contributed by atoms with Gasteiger partial charge in [-0.3, -0.25) is 9.59 Å². The Morgan fingerprint density at radius 2 is 1.94 bits per heavy atom. The third-order valence-electron chi connectivity index (χ3n) is 4.41. The minimum Gasteiger partial charge on any atom is -0.484 e. The molecule has 2 aromatic carbocycles. The minimum absolute atomic E-state index is 0.128. The molecule has 0 fully saturated rings. The number of amides is 2. The zero-order chi connectivity index (χ0) is 23.1. The van der Waals surface area contributed by atoms with E-state index >= 15 is 0 Å². The molecule has 2 N–H and O–H groups in total. The molecule has 2 amide bonds. The number of nitrogens with one attached hydrogen (secondary N) is 2. The molecule has 0 bridgehead atoms. The molecular weight excluding hydrogens is 437 g/mol. The molecule has 0 spiro atoms. The fourth-order valence-corrected chi connectivity index (χ4v) is 2.78. The Bertz CT molecular complexity index is 1130. The van der Waals surface area contributed by atoms with Crippen molar-refractivity contribution in [3.8, 4) is 17.1 Å². The van der Waals surface area contributed by atoms with E-state index in [1.807, 2.05) is 0 Å². The van der Waals surface area contributed by atoms with Crippen LogP contribution in [-0.2, 0) is 4.79 Å². The van der Waals surface area contributed by atoms with Crippen LogP contribution >= 0.6 is 11.6 Å². The zero-order valence-corrected chi connectivity index (χ0v) is 18.0. The van der Waals surface area contributed by atoms with Gasteiger partial charge in [0.15, 0.2) is 18.1 Å². The molecule has 0 saturated carbocycles. The molecule has 0 radical (unpaired) electrons. The van der Waals surface area contributed by atoms with Crippen LogP contribution in [-0.4, -0.2) is 30.1 Å². The quantitative estimate of drug-likeness (QED) is 0.500. The standard InChI is InChI=1S/C23H21ClFN3O4/c1-14-3-8-18(11-19(14)25)31-13-22(29)27-15(2)9-10-26-23(30)20-12-21(32-28-20)16-4-6-17(24)7-5-16/h3-8,11-12H,2,9-10,13H2,1H3,(H,26,30)(H,27,29). The highest BCUT2D eigenvalue weighted by Crippen LogP contribution is 2.22. The van der Waals surface area contributed by atoms with Crippen LogP contribution in [0.1, 0.15) is 22.5 Å². The van der Waals surface area contributed by atoms with Crippen molar-refractivity contribution in [2.24, 2.45) is 0 Å². The van der Waals surface area contributed by atoms with Crippen molar-refractivity contribution >= 4 is 23.4 Å². The number of ether oxygens (including phenoxy) is 1. The summed E-state index contributed by atoms with van der Waals surface area (Å²) in [7, 11) is 0. The molecule has 0 aliphatic heterocycles. The smallest absolute Gasteiger partial charge is 0.273 e. The third kappa shape index (κ3) is 6.42. The highest BCUT2D eigenvalue weighted by atomic mass is 35.5. The summed E-state index contributed by atoms with van der Waals surface area (Å²) in [6.07, 6.45) is 0.304. The molecule has 32 heavy (non-hydrogen) atoms. The Morgan fingerprint density at radius 1 is 1.19 bits per heavy atom. The number of rotatable bonds is 9. The number of hydrogen-bond donors (Lipinski definition) is 2. The van der Waals surface area contributed by atoms with E-state index in [-0.39, 0.29) is 24.6 Å². The lowest BCUT2D eigenvalue weighted by Crippen LogP contribution is -2.31. The summed E-state index contributed by atoms with van der Waals surface area (Å²) in [6, 6.07) is 12.8. The van der Waals surface area contributed by atoms with E-state index in [1.54, 1.807) is 43.3 Å². The maximum Gasteiger partial charge on any atom is 0.273 e. The van der Waals surface area contributed by atoms with Gasteiger partial charge in [0.2, 0.25) is 0 Å². The number of halogens is 2. The molecule has 0 saturated heterocycles. The van der Waals surface area contributed by atoms with Gasteiger partial charge in [0, 0.05) is 41.4 Å². The highest BCUT2D eigenvalue weighted by molar-refractivity contribution is 6.30. The van der Waals surface area contributed by atoms with Gasteiger partial charge in [-0.1, -0.05) is 29.4 Å². The van der Waals surface area contributed by atoms with Crippen molar-refractivity contribution in [2.75, 3.05) is 13.2 Å². The molecule has 0 atom stereocenters. The fourth-order valence-electron chi connectivity index (χ4n) is 2.66. The largest absolute Gasteiger partial charge is 0.484 e. The van der Waals surface area contributed by atoms with Gasteiger partial charge in [0.25, 0.3) is 11.8 Å². The maximum absolute atomic E-state index is 13.5. The number of carbonyl (C=O) groups excluding carboxylic acids is 2. The molecule has 0 unspecified atom stereocenters. The van der Waals surface area contributed by atoms with Crippen molar-refractivity contribution in [1.82, 2.24) is 15.8 Å². The Hall–Kier alpha value is -3.65. The number of nitrogens with zero attached hydrogens (tertiary/aromatic N) is 1. The second-order valence-corrected chi connectivity index (χ2v) is 7.38. The van der Waals surface area contributed by atoms with E-state index in [0.29, 0.717) is 28.5 Å². The molecule has 1 heterocycles. The van der Waals surface area contributed by atoms with E-state index in [0.717, 1.165) is 5.56 Å². The molecule has 3 aromatic rings. The van der Waals surface area contributed by atoms with Crippen molar-refractivity contribution in [1.29, 1.82) is 0 Å². The molecule has 1 aromatic heterocycles. The van der Waals surface area contributed by atoms with Crippen molar-refractivity contribution in [3.05, 3.63) is 82.9 Å². The predicted molar refractivity (Wildman–Crippen MR) is 118 cm³/mol. The van der Waals surface area contributed by atoms with Crippen LogP contribution in [0, 0.1) is 12.7 Å². The van der Waals surface area contributed by atoms with Gasteiger partial charge < -0.3 is 19.9 Å². The Kier molecular flexibility index (Phi) is 7.62. The first-order valence-corrected chi connectivity index (χ1v) is 10.1. The number of aryl methyl sites for hydroxylation is 1. The summed E-state index contributed by atoms with van der Waals surface area (Å²) in [4.78, 5) is 24.2. The molecule has 0 aliphatic carbocycles. The summed E-state index contributed by atoms with van der Waals surface area (Å²) >= 11 is 5.86. The monoisotopic (exact) mass is 457 g/mol. The van der Waals surface area contributed by atoms with Crippen LogP contribution in [0.25, 0.3) is 11.3 Å². The summed E-state index contributed by atoms with van der Waals surface area (Å²) in [5.41, 5.74) is 1.76. The van der Waals surface area contributed by atoms with Gasteiger partial charge in [-0.2, -0.15) is 0 Å². The van der Waals surface area contributed by atoms with E-state index in [9.17, 15) is 14.0 Å². The third-order valence-corrected chi connectivity index (χ3v) is 4.67. The first-order chi connectivity index (χ1) is 15.3. The van der Waals surface area contributed by atoms with Gasteiger partial charge >= 0.3 is 0 Å². The van der Waals surface area contributed by atoms with E-state index in [4.69, 9.17) is 20.9 Å². The summed E-state index contributed by atoms with van der Waals surface area (Å²) in [5, 5.41) is 9.61. The summed E-state index contributed by atoms with van der Waals surface area (Å²) in [6.45, 7) is 5.32. The molecule has 3 rings (SSSR count). The van der Waals surface area contributed by atoms with E-state index in [2.05, 4.69) is 22.4 Å². The topological polar surface area (TPSA) is 93.5 Å².